The summed E-state index contributed by atoms with van der Waals surface area (Å²) in [6.07, 6.45) is 0. The van der Waals surface area contributed by atoms with Gasteiger partial charge in [-0.2, -0.15) is 0 Å². The van der Waals surface area contributed by atoms with Crippen molar-refractivity contribution in [1.29, 1.82) is 0 Å². The van der Waals surface area contributed by atoms with Gasteiger partial charge in [0.05, 0.1) is 0 Å². The lowest BCUT2D eigenvalue weighted by atomic mass is 10.0. The summed E-state index contributed by atoms with van der Waals surface area (Å²) < 4.78 is 0.696. The number of benzene rings is 1. The molecule has 0 fully saturated rings. The molecule has 1 N–H and O–H groups in total. The largest absolute Gasteiger partial charge is 0.307 e. The summed E-state index contributed by atoms with van der Waals surface area (Å²) in [6.45, 7) is 3.85. The van der Waals surface area contributed by atoms with Gasteiger partial charge in [-0.15, -0.1) is 0 Å². The first-order valence-electron chi connectivity index (χ1n) is 5.58. The Morgan fingerprint density at radius 3 is 2.33 bits per heavy atom. The van der Waals surface area contributed by atoms with Gasteiger partial charge in [0.1, 0.15) is 10.4 Å². The van der Waals surface area contributed by atoms with Crippen LogP contribution >= 0.6 is 15.9 Å². The number of aromatic nitrogens is 1. The van der Waals surface area contributed by atoms with Crippen molar-refractivity contribution >= 4 is 27.7 Å². The van der Waals surface area contributed by atoms with Crippen LogP contribution in [0.2, 0.25) is 0 Å². The Morgan fingerprint density at radius 2 is 1.72 bits per heavy atom. The Kier molecular flexibility index (Phi) is 3.77. The molecule has 0 saturated carbocycles. The molecule has 0 aliphatic rings. The van der Waals surface area contributed by atoms with E-state index in [0.29, 0.717) is 16.0 Å². The maximum Gasteiger partial charge on any atom is 0.257 e. The summed E-state index contributed by atoms with van der Waals surface area (Å²) >= 11 is 3.27. The smallest absolute Gasteiger partial charge is 0.257 e. The molecule has 0 radical (unpaired) electrons. The maximum absolute atomic E-state index is 12.2. The van der Waals surface area contributed by atoms with Crippen molar-refractivity contribution in [3.05, 3.63) is 57.7 Å². The van der Waals surface area contributed by atoms with Crippen molar-refractivity contribution < 1.29 is 4.79 Å². The quantitative estimate of drug-likeness (QED) is 0.859. The van der Waals surface area contributed by atoms with Gasteiger partial charge in [0.2, 0.25) is 0 Å². The lowest BCUT2D eigenvalue weighted by Gasteiger charge is -2.09. The van der Waals surface area contributed by atoms with Gasteiger partial charge in [-0.1, -0.05) is 24.3 Å². The van der Waals surface area contributed by atoms with Crippen molar-refractivity contribution in [2.75, 3.05) is 5.32 Å². The zero-order valence-electron chi connectivity index (χ0n) is 10.2. The molecule has 0 spiro atoms. The second kappa shape index (κ2) is 5.31. The molecule has 0 atom stereocenters. The van der Waals surface area contributed by atoms with E-state index in [1.807, 2.05) is 44.2 Å². The van der Waals surface area contributed by atoms with Gasteiger partial charge in [-0.3, -0.25) is 4.79 Å². The van der Waals surface area contributed by atoms with Crippen LogP contribution in [0.5, 0.6) is 0 Å². The Hall–Kier alpha value is -1.68. The van der Waals surface area contributed by atoms with E-state index in [1.165, 1.54) is 0 Å². The average molecular weight is 305 g/mol. The molecular weight excluding hydrogens is 292 g/mol. The molecule has 1 heterocycles. The zero-order chi connectivity index (χ0) is 13.1. The molecule has 2 aromatic rings. The summed E-state index contributed by atoms with van der Waals surface area (Å²) in [4.78, 5) is 16.4. The number of aryl methyl sites for hydroxylation is 2. The SMILES string of the molecule is Cc1cccc(C)c1C(=O)Nc1cccc(Br)n1. The monoisotopic (exact) mass is 304 g/mol. The minimum atomic E-state index is -0.129. The van der Waals surface area contributed by atoms with E-state index in [2.05, 4.69) is 26.2 Å². The molecule has 0 aliphatic carbocycles. The van der Waals surface area contributed by atoms with E-state index in [4.69, 9.17) is 0 Å². The van der Waals surface area contributed by atoms with Gasteiger partial charge in [-0.25, -0.2) is 4.98 Å². The summed E-state index contributed by atoms with van der Waals surface area (Å²) in [5, 5.41) is 2.80. The van der Waals surface area contributed by atoms with E-state index in [-0.39, 0.29) is 5.91 Å². The zero-order valence-corrected chi connectivity index (χ0v) is 11.8. The highest BCUT2D eigenvalue weighted by atomic mass is 79.9. The first-order valence-corrected chi connectivity index (χ1v) is 6.37. The highest BCUT2D eigenvalue weighted by molar-refractivity contribution is 9.10. The summed E-state index contributed by atoms with van der Waals surface area (Å²) in [5.41, 5.74) is 2.63. The van der Waals surface area contributed by atoms with Crippen molar-refractivity contribution in [1.82, 2.24) is 4.98 Å². The summed E-state index contributed by atoms with van der Waals surface area (Å²) in [5.74, 6) is 0.410. The van der Waals surface area contributed by atoms with Crippen LogP contribution in [0.1, 0.15) is 21.5 Å². The third-order valence-electron chi connectivity index (χ3n) is 2.66. The van der Waals surface area contributed by atoms with Crippen LogP contribution < -0.4 is 5.32 Å². The third kappa shape index (κ3) is 2.76. The number of nitrogens with zero attached hydrogens (tertiary/aromatic N) is 1. The van der Waals surface area contributed by atoms with Crippen LogP contribution in [-0.4, -0.2) is 10.9 Å². The normalized spacial score (nSPS) is 10.2. The molecule has 1 amide bonds. The van der Waals surface area contributed by atoms with Crippen LogP contribution in [0, 0.1) is 13.8 Å². The van der Waals surface area contributed by atoms with E-state index in [9.17, 15) is 4.79 Å². The fourth-order valence-corrected chi connectivity index (χ4v) is 2.17. The fraction of sp³-hybridized carbons (Fsp3) is 0.143. The minimum Gasteiger partial charge on any atom is -0.307 e. The summed E-state index contributed by atoms with van der Waals surface area (Å²) in [7, 11) is 0. The molecule has 4 heteroatoms. The van der Waals surface area contributed by atoms with Crippen molar-refractivity contribution in [3.8, 4) is 0 Å². The number of hydrogen-bond acceptors (Lipinski definition) is 2. The van der Waals surface area contributed by atoms with E-state index >= 15 is 0 Å². The molecule has 1 aromatic heterocycles. The molecule has 2 rings (SSSR count). The second-order valence-corrected chi connectivity index (χ2v) is 4.88. The van der Waals surface area contributed by atoms with Crippen LogP contribution in [0.15, 0.2) is 41.0 Å². The number of rotatable bonds is 2. The van der Waals surface area contributed by atoms with Gasteiger partial charge in [0.15, 0.2) is 0 Å². The van der Waals surface area contributed by atoms with E-state index in [0.717, 1.165) is 11.1 Å². The predicted octanol–water partition coefficient (Wildman–Crippen LogP) is 3.71. The number of nitrogens with one attached hydrogen (secondary N) is 1. The number of halogens is 1. The number of pyridine rings is 1. The molecule has 0 bridgehead atoms. The Morgan fingerprint density at radius 1 is 1.11 bits per heavy atom. The summed E-state index contributed by atoms with van der Waals surface area (Å²) in [6, 6.07) is 11.2. The van der Waals surface area contributed by atoms with Gasteiger partial charge >= 0.3 is 0 Å². The van der Waals surface area contributed by atoms with Gasteiger partial charge < -0.3 is 5.32 Å². The Labute approximate surface area is 114 Å². The highest BCUT2D eigenvalue weighted by Crippen LogP contribution is 2.16. The molecule has 0 aliphatic heterocycles. The van der Waals surface area contributed by atoms with Crippen LogP contribution in [0.25, 0.3) is 0 Å². The van der Waals surface area contributed by atoms with Crippen molar-refractivity contribution in [2.24, 2.45) is 0 Å². The van der Waals surface area contributed by atoms with E-state index in [1.54, 1.807) is 6.07 Å². The first-order chi connectivity index (χ1) is 8.58. The van der Waals surface area contributed by atoms with Crippen LogP contribution in [-0.2, 0) is 0 Å². The minimum absolute atomic E-state index is 0.129. The average Bonchev–Trinajstić information content (AvgIpc) is 2.28. The number of amides is 1. The van der Waals surface area contributed by atoms with Crippen molar-refractivity contribution in [3.63, 3.8) is 0 Å². The molecule has 92 valence electrons. The first kappa shape index (κ1) is 12.8. The number of carbonyl (C=O) groups excluding carboxylic acids is 1. The predicted molar refractivity (Wildman–Crippen MR) is 75.8 cm³/mol. The molecule has 0 unspecified atom stereocenters. The van der Waals surface area contributed by atoms with Crippen LogP contribution in [0.4, 0.5) is 5.82 Å². The number of anilines is 1. The third-order valence-corrected chi connectivity index (χ3v) is 3.11. The Bertz CT molecular complexity index is 576. The lowest BCUT2D eigenvalue weighted by molar-refractivity contribution is 0.102. The van der Waals surface area contributed by atoms with Crippen molar-refractivity contribution in [2.45, 2.75) is 13.8 Å². The van der Waals surface area contributed by atoms with Gasteiger partial charge in [0.25, 0.3) is 5.91 Å². The van der Waals surface area contributed by atoms with Gasteiger partial charge in [0, 0.05) is 5.56 Å². The maximum atomic E-state index is 12.2. The standard InChI is InChI=1S/C14H13BrN2O/c1-9-5-3-6-10(2)13(9)14(18)17-12-8-4-7-11(15)16-12/h3-8H,1-2H3,(H,16,17,18). The molecular formula is C14H13BrN2O. The molecule has 18 heavy (non-hydrogen) atoms. The number of carbonyl (C=O) groups is 1. The highest BCUT2D eigenvalue weighted by Gasteiger charge is 2.12. The molecule has 0 saturated heterocycles. The molecule has 3 nitrogen and oxygen atoms in total. The van der Waals surface area contributed by atoms with Crippen LogP contribution in [0.3, 0.4) is 0 Å². The number of hydrogen-bond donors (Lipinski definition) is 1. The fourth-order valence-electron chi connectivity index (χ4n) is 1.83. The Balaban J connectivity index is 2.28. The lowest BCUT2D eigenvalue weighted by Crippen LogP contribution is -2.15. The topological polar surface area (TPSA) is 42.0 Å². The molecule has 1 aromatic carbocycles. The second-order valence-electron chi connectivity index (χ2n) is 4.07. The van der Waals surface area contributed by atoms with E-state index < -0.39 is 0 Å². The van der Waals surface area contributed by atoms with Gasteiger partial charge in [-0.05, 0) is 53.0 Å².